The highest BCUT2D eigenvalue weighted by molar-refractivity contribution is 6.00. The molecule has 1 aromatic carbocycles. The van der Waals surface area contributed by atoms with Gasteiger partial charge in [0.25, 0.3) is 0 Å². The number of hydrogen-bond donors (Lipinski definition) is 1. The van der Waals surface area contributed by atoms with E-state index in [9.17, 15) is 9.90 Å². The Morgan fingerprint density at radius 1 is 1.05 bits per heavy atom. The molecule has 2 heterocycles. The molecule has 0 saturated carbocycles. The van der Waals surface area contributed by atoms with E-state index in [0.29, 0.717) is 11.1 Å². The molecular weight excluding hydrogens is 256 g/mol. The molecule has 1 N–H and O–H groups in total. The van der Waals surface area contributed by atoms with E-state index in [1.54, 1.807) is 36.7 Å². The molecule has 5 heteroatoms. The standard InChI is InChI=1S/C15H10N2O3/c18-15(19)12-13(11-7-4-8-16-9-11)17-20-14(12)10-5-2-1-3-6-10/h1-9H,(H,18,19). The van der Waals surface area contributed by atoms with Crippen LogP contribution < -0.4 is 0 Å². The van der Waals surface area contributed by atoms with Gasteiger partial charge in [-0.25, -0.2) is 4.79 Å². The first-order chi connectivity index (χ1) is 9.77. The van der Waals surface area contributed by atoms with E-state index < -0.39 is 5.97 Å². The van der Waals surface area contributed by atoms with Crippen LogP contribution in [0, 0.1) is 0 Å². The molecule has 0 radical (unpaired) electrons. The SMILES string of the molecule is O=C(O)c1c(-c2cccnc2)noc1-c1ccccc1. The molecule has 0 aliphatic carbocycles. The Hall–Kier alpha value is -2.95. The van der Waals surface area contributed by atoms with Crippen molar-refractivity contribution in [2.24, 2.45) is 0 Å². The molecule has 3 rings (SSSR count). The first kappa shape index (κ1) is 12.1. The van der Waals surface area contributed by atoms with Gasteiger partial charge in [-0.15, -0.1) is 0 Å². The van der Waals surface area contributed by atoms with Gasteiger partial charge in [0.05, 0.1) is 0 Å². The molecular formula is C15H10N2O3. The Bertz CT molecular complexity index is 679. The summed E-state index contributed by atoms with van der Waals surface area (Å²) >= 11 is 0. The quantitative estimate of drug-likeness (QED) is 0.788. The largest absolute Gasteiger partial charge is 0.477 e. The third-order valence-electron chi connectivity index (χ3n) is 2.88. The lowest BCUT2D eigenvalue weighted by Crippen LogP contribution is -1.99. The van der Waals surface area contributed by atoms with Crippen LogP contribution in [0.15, 0.2) is 59.4 Å². The molecule has 0 bridgehead atoms. The molecule has 0 unspecified atom stereocenters. The molecule has 0 amide bonds. The number of nitrogens with zero attached hydrogens (tertiary/aromatic N) is 2. The highest BCUT2D eigenvalue weighted by atomic mass is 16.5. The van der Waals surface area contributed by atoms with Gasteiger partial charge in [0.15, 0.2) is 5.76 Å². The first-order valence-electron chi connectivity index (χ1n) is 5.96. The van der Waals surface area contributed by atoms with Crippen LogP contribution in [0.25, 0.3) is 22.6 Å². The van der Waals surface area contributed by atoms with Crippen LogP contribution in [-0.4, -0.2) is 21.2 Å². The maximum atomic E-state index is 11.5. The van der Waals surface area contributed by atoms with E-state index >= 15 is 0 Å². The van der Waals surface area contributed by atoms with Gasteiger partial charge < -0.3 is 9.63 Å². The molecule has 0 spiro atoms. The summed E-state index contributed by atoms with van der Waals surface area (Å²) in [7, 11) is 0. The number of carboxylic acid groups (broad SMARTS) is 1. The molecule has 98 valence electrons. The molecule has 2 aromatic heterocycles. The highest BCUT2D eigenvalue weighted by Crippen LogP contribution is 2.31. The minimum absolute atomic E-state index is 0.0456. The minimum atomic E-state index is -1.08. The van der Waals surface area contributed by atoms with Crippen LogP contribution in [0.1, 0.15) is 10.4 Å². The molecule has 0 aliphatic rings. The van der Waals surface area contributed by atoms with Gasteiger partial charge in [-0.2, -0.15) is 0 Å². The Morgan fingerprint density at radius 2 is 1.80 bits per heavy atom. The Balaban J connectivity index is 2.20. The zero-order valence-corrected chi connectivity index (χ0v) is 10.4. The zero-order chi connectivity index (χ0) is 13.9. The number of carboxylic acids is 1. The molecule has 20 heavy (non-hydrogen) atoms. The minimum Gasteiger partial charge on any atom is -0.477 e. The van der Waals surface area contributed by atoms with Gasteiger partial charge in [0.2, 0.25) is 0 Å². The van der Waals surface area contributed by atoms with Crippen LogP contribution in [0.4, 0.5) is 0 Å². The number of pyridine rings is 1. The fraction of sp³-hybridized carbons (Fsp3) is 0. The fourth-order valence-electron chi connectivity index (χ4n) is 1.97. The van der Waals surface area contributed by atoms with Gasteiger partial charge >= 0.3 is 5.97 Å². The van der Waals surface area contributed by atoms with E-state index in [-0.39, 0.29) is 17.0 Å². The van der Waals surface area contributed by atoms with Crippen molar-refractivity contribution in [2.75, 3.05) is 0 Å². The van der Waals surface area contributed by atoms with Crippen LogP contribution in [-0.2, 0) is 0 Å². The molecule has 0 atom stereocenters. The lowest BCUT2D eigenvalue weighted by molar-refractivity contribution is 0.0698. The number of benzene rings is 1. The second-order valence-corrected chi connectivity index (χ2v) is 4.15. The van der Waals surface area contributed by atoms with Crippen molar-refractivity contribution in [1.82, 2.24) is 10.1 Å². The Morgan fingerprint density at radius 3 is 2.45 bits per heavy atom. The number of rotatable bonds is 3. The number of aromatic carboxylic acids is 1. The third kappa shape index (κ3) is 2.05. The van der Waals surface area contributed by atoms with Crippen LogP contribution >= 0.6 is 0 Å². The topological polar surface area (TPSA) is 76.2 Å². The first-order valence-corrected chi connectivity index (χ1v) is 5.96. The summed E-state index contributed by atoms with van der Waals surface area (Å²) in [5.74, 6) is -0.832. The maximum Gasteiger partial charge on any atom is 0.342 e. The van der Waals surface area contributed by atoms with E-state index in [1.807, 2.05) is 18.2 Å². The third-order valence-corrected chi connectivity index (χ3v) is 2.88. The van der Waals surface area contributed by atoms with Crippen LogP contribution in [0.5, 0.6) is 0 Å². The van der Waals surface area contributed by atoms with Gasteiger partial charge in [0, 0.05) is 23.5 Å². The summed E-state index contributed by atoms with van der Waals surface area (Å²) in [5.41, 5.74) is 1.61. The summed E-state index contributed by atoms with van der Waals surface area (Å²) in [6, 6.07) is 12.5. The van der Waals surface area contributed by atoms with Crippen LogP contribution in [0.2, 0.25) is 0 Å². The molecule has 0 fully saturated rings. The highest BCUT2D eigenvalue weighted by Gasteiger charge is 2.24. The van der Waals surface area contributed by atoms with E-state index in [1.165, 1.54) is 0 Å². The second-order valence-electron chi connectivity index (χ2n) is 4.15. The molecule has 5 nitrogen and oxygen atoms in total. The van der Waals surface area contributed by atoms with E-state index in [0.717, 1.165) is 0 Å². The Kier molecular flexibility index (Phi) is 3.01. The van der Waals surface area contributed by atoms with E-state index in [4.69, 9.17) is 4.52 Å². The maximum absolute atomic E-state index is 11.5. The predicted octanol–water partition coefficient (Wildman–Crippen LogP) is 3.10. The monoisotopic (exact) mass is 266 g/mol. The zero-order valence-electron chi connectivity index (χ0n) is 10.4. The van der Waals surface area contributed by atoms with Gasteiger partial charge in [-0.05, 0) is 12.1 Å². The van der Waals surface area contributed by atoms with Crippen molar-refractivity contribution in [3.8, 4) is 22.6 Å². The number of carbonyl (C=O) groups is 1. The summed E-state index contributed by atoms with van der Waals surface area (Å²) in [6.45, 7) is 0. The summed E-state index contributed by atoms with van der Waals surface area (Å²) < 4.78 is 5.24. The van der Waals surface area contributed by atoms with Crippen LogP contribution in [0.3, 0.4) is 0 Å². The average Bonchev–Trinajstić information content (AvgIpc) is 2.94. The molecule has 0 saturated heterocycles. The number of hydrogen-bond acceptors (Lipinski definition) is 4. The second kappa shape index (κ2) is 4.97. The van der Waals surface area contributed by atoms with Crippen molar-refractivity contribution in [3.63, 3.8) is 0 Å². The average molecular weight is 266 g/mol. The number of aromatic nitrogens is 2. The van der Waals surface area contributed by atoms with Gasteiger partial charge in [0.1, 0.15) is 11.3 Å². The smallest absolute Gasteiger partial charge is 0.342 e. The van der Waals surface area contributed by atoms with Gasteiger partial charge in [-0.3, -0.25) is 4.98 Å². The summed E-state index contributed by atoms with van der Waals surface area (Å²) in [5, 5.41) is 13.3. The van der Waals surface area contributed by atoms with Gasteiger partial charge in [-0.1, -0.05) is 35.5 Å². The van der Waals surface area contributed by atoms with Crippen molar-refractivity contribution < 1.29 is 14.4 Å². The molecule has 3 aromatic rings. The summed E-state index contributed by atoms with van der Waals surface area (Å²) in [4.78, 5) is 15.5. The lowest BCUT2D eigenvalue weighted by atomic mass is 10.0. The van der Waals surface area contributed by atoms with Crippen molar-refractivity contribution in [3.05, 3.63) is 60.4 Å². The van der Waals surface area contributed by atoms with Crippen molar-refractivity contribution in [2.45, 2.75) is 0 Å². The van der Waals surface area contributed by atoms with Crippen molar-refractivity contribution >= 4 is 5.97 Å². The Labute approximate surface area is 114 Å². The van der Waals surface area contributed by atoms with Crippen molar-refractivity contribution in [1.29, 1.82) is 0 Å². The fourth-order valence-corrected chi connectivity index (χ4v) is 1.97. The summed E-state index contributed by atoms with van der Waals surface area (Å²) in [6.07, 6.45) is 3.17. The normalized spacial score (nSPS) is 10.4. The lowest BCUT2D eigenvalue weighted by Gasteiger charge is -1.99. The predicted molar refractivity (Wildman–Crippen MR) is 72.1 cm³/mol. The van der Waals surface area contributed by atoms with E-state index in [2.05, 4.69) is 10.1 Å². The molecule has 0 aliphatic heterocycles.